The predicted octanol–water partition coefficient (Wildman–Crippen LogP) is 0.178. The summed E-state index contributed by atoms with van der Waals surface area (Å²) in [5.41, 5.74) is 5.26. The molecule has 0 saturated heterocycles. The third-order valence-electron chi connectivity index (χ3n) is 2.74. The molecule has 114 valence electrons. The average Bonchev–Trinajstić information content (AvgIpc) is 2.47. The van der Waals surface area contributed by atoms with Crippen molar-refractivity contribution in [2.24, 2.45) is 5.73 Å². The highest BCUT2D eigenvalue weighted by atomic mass is 16.6. The lowest BCUT2D eigenvalue weighted by Gasteiger charge is -2.13. The lowest BCUT2D eigenvalue weighted by atomic mass is 10.1. The minimum absolute atomic E-state index is 0.130. The summed E-state index contributed by atoms with van der Waals surface area (Å²) in [6.07, 6.45) is 0.650. The van der Waals surface area contributed by atoms with E-state index in [9.17, 15) is 19.7 Å². The van der Waals surface area contributed by atoms with E-state index in [0.717, 1.165) is 6.07 Å². The number of nitrogens with two attached hydrogens (primary N) is 1. The maximum absolute atomic E-state index is 11.9. The first-order valence-electron chi connectivity index (χ1n) is 6.48. The average molecular weight is 294 g/mol. The summed E-state index contributed by atoms with van der Waals surface area (Å²) in [6.45, 7) is 2.44. The lowest BCUT2D eigenvalue weighted by Crippen LogP contribution is -2.45. The third-order valence-corrected chi connectivity index (χ3v) is 2.74. The Kier molecular flexibility index (Phi) is 6.28. The SMILES string of the molecule is CC(NC(=O)c1cccc([N+](=O)[O-])c1)C(=O)NCCCN. The van der Waals surface area contributed by atoms with Crippen LogP contribution in [-0.2, 0) is 4.79 Å². The van der Waals surface area contributed by atoms with Gasteiger partial charge in [0, 0.05) is 24.2 Å². The van der Waals surface area contributed by atoms with E-state index in [-0.39, 0.29) is 17.2 Å². The van der Waals surface area contributed by atoms with Crippen molar-refractivity contribution in [1.29, 1.82) is 0 Å². The molecule has 0 fully saturated rings. The van der Waals surface area contributed by atoms with Crippen molar-refractivity contribution in [2.45, 2.75) is 19.4 Å². The van der Waals surface area contributed by atoms with Crippen molar-refractivity contribution in [3.05, 3.63) is 39.9 Å². The number of amides is 2. The fourth-order valence-electron chi connectivity index (χ4n) is 1.57. The van der Waals surface area contributed by atoms with Crippen molar-refractivity contribution < 1.29 is 14.5 Å². The zero-order valence-corrected chi connectivity index (χ0v) is 11.7. The Morgan fingerprint density at radius 3 is 2.76 bits per heavy atom. The molecule has 1 rings (SSSR count). The Morgan fingerprint density at radius 1 is 1.43 bits per heavy atom. The number of carbonyl (C=O) groups excluding carboxylic acids is 2. The maximum Gasteiger partial charge on any atom is 0.270 e. The van der Waals surface area contributed by atoms with Crippen LogP contribution in [0.3, 0.4) is 0 Å². The molecule has 4 N–H and O–H groups in total. The minimum atomic E-state index is -0.741. The number of nitro benzene ring substituents is 1. The minimum Gasteiger partial charge on any atom is -0.354 e. The van der Waals surface area contributed by atoms with E-state index in [0.29, 0.717) is 19.5 Å². The van der Waals surface area contributed by atoms with Gasteiger partial charge in [0.1, 0.15) is 6.04 Å². The number of nitro groups is 1. The van der Waals surface area contributed by atoms with E-state index >= 15 is 0 Å². The fourth-order valence-corrected chi connectivity index (χ4v) is 1.57. The van der Waals surface area contributed by atoms with Crippen molar-refractivity contribution in [3.8, 4) is 0 Å². The molecule has 8 heteroatoms. The van der Waals surface area contributed by atoms with Gasteiger partial charge < -0.3 is 16.4 Å². The standard InChI is InChI=1S/C13H18N4O4/c1-9(12(18)15-7-3-6-14)16-13(19)10-4-2-5-11(8-10)17(20)21/h2,4-5,8-9H,3,6-7,14H2,1H3,(H,15,18)(H,16,19). The molecule has 0 aromatic heterocycles. The van der Waals surface area contributed by atoms with Crippen LogP contribution < -0.4 is 16.4 Å². The molecule has 1 atom stereocenters. The largest absolute Gasteiger partial charge is 0.354 e. The first kappa shape index (κ1) is 16.6. The zero-order valence-electron chi connectivity index (χ0n) is 11.7. The Labute approximate surface area is 121 Å². The van der Waals surface area contributed by atoms with Gasteiger partial charge in [-0.3, -0.25) is 19.7 Å². The van der Waals surface area contributed by atoms with Crippen LogP contribution in [0, 0.1) is 10.1 Å². The van der Waals surface area contributed by atoms with Crippen LogP contribution in [0.25, 0.3) is 0 Å². The number of rotatable bonds is 7. The van der Waals surface area contributed by atoms with Gasteiger partial charge in [-0.05, 0) is 26.0 Å². The highest BCUT2D eigenvalue weighted by Crippen LogP contribution is 2.13. The van der Waals surface area contributed by atoms with Crippen molar-refractivity contribution >= 4 is 17.5 Å². The number of benzene rings is 1. The van der Waals surface area contributed by atoms with Crippen LogP contribution in [0.1, 0.15) is 23.7 Å². The fraction of sp³-hybridized carbons (Fsp3) is 0.385. The van der Waals surface area contributed by atoms with Gasteiger partial charge >= 0.3 is 0 Å². The van der Waals surface area contributed by atoms with Crippen LogP contribution in [-0.4, -0.2) is 35.9 Å². The molecule has 1 aromatic carbocycles. The number of hydrogen-bond acceptors (Lipinski definition) is 5. The van der Waals surface area contributed by atoms with Gasteiger partial charge in [0.05, 0.1) is 4.92 Å². The number of nitrogens with zero attached hydrogens (tertiary/aromatic N) is 1. The van der Waals surface area contributed by atoms with Gasteiger partial charge in [0.2, 0.25) is 5.91 Å². The molecular formula is C13H18N4O4. The molecule has 0 bridgehead atoms. The van der Waals surface area contributed by atoms with Crippen molar-refractivity contribution in [1.82, 2.24) is 10.6 Å². The van der Waals surface area contributed by atoms with Gasteiger partial charge in [-0.25, -0.2) is 0 Å². The number of non-ortho nitro benzene ring substituents is 1. The monoisotopic (exact) mass is 294 g/mol. The second-order valence-corrected chi connectivity index (χ2v) is 4.44. The summed E-state index contributed by atoms with van der Waals surface area (Å²) in [5, 5.41) is 15.8. The van der Waals surface area contributed by atoms with Gasteiger partial charge in [-0.15, -0.1) is 0 Å². The first-order valence-corrected chi connectivity index (χ1v) is 6.48. The molecule has 2 amide bonds. The molecule has 21 heavy (non-hydrogen) atoms. The van der Waals surface area contributed by atoms with E-state index in [1.165, 1.54) is 25.1 Å². The van der Waals surface area contributed by atoms with E-state index in [1.54, 1.807) is 0 Å². The quantitative estimate of drug-likeness (QED) is 0.375. The highest BCUT2D eigenvalue weighted by Gasteiger charge is 2.17. The summed E-state index contributed by atoms with van der Waals surface area (Å²) >= 11 is 0. The predicted molar refractivity (Wildman–Crippen MR) is 76.7 cm³/mol. The molecule has 0 aliphatic heterocycles. The lowest BCUT2D eigenvalue weighted by molar-refractivity contribution is -0.384. The Bertz CT molecular complexity index is 533. The molecule has 0 aliphatic rings. The number of carbonyl (C=O) groups is 2. The summed E-state index contributed by atoms with van der Waals surface area (Å²) in [7, 11) is 0. The molecule has 0 aliphatic carbocycles. The summed E-state index contributed by atoms with van der Waals surface area (Å²) in [6, 6.07) is 4.57. The topological polar surface area (TPSA) is 127 Å². The smallest absolute Gasteiger partial charge is 0.270 e. The van der Waals surface area contributed by atoms with Crippen LogP contribution in [0.15, 0.2) is 24.3 Å². The maximum atomic E-state index is 11.9. The van der Waals surface area contributed by atoms with Crippen molar-refractivity contribution in [3.63, 3.8) is 0 Å². The van der Waals surface area contributed by atoms with Crippen LogP contribution >= 0.6 is 0 Å². The molecule has 0 spiro atoms. The summed E-state index contributed by atoms with van der Waals surface area (Å²) in [4.78, 5) is 33.7. The number of nitrogens with one attached hydrogen (secondary N) is 2. The van der Waals surface area contributed by atoms with Crippen LogP contribution in [0.2, 0.25) is 0 Å². The van der Waals surface area contributed by atoms with Gasteiger partial charge in [0.25, 0.3) is 11.6 Å². The molecule has 0 heterocycles. The van der Waals surface area contributed by atoms with E-state index in [4.69, 9.17) is 5.73 Å². The second kappa shape index (κ2) is 7.95. The third kappa shape index (κ3) is 5.19. The van der Waals surface area contributed by atoms with Gasteiger partial charge in [-0.1, -0.05) is 6.07 Å². The zero-order chi connectivity index (χ0) is 15.8. The summed E-state index contributed by atoms with van der Waals surface area (Å²) in [5.74, 6) is -0.873. The van der Waals surface area contributed by atoms with Crippen LogP contribution in [0.4, 0.5) is 5.69 Å². The Balaban J connectivity index is 2.61. The normalized spacial score (nSPS) is 11.5. The molecule has 0 radical (unpaired) electrons. The molecular weight excluding hydrogens is 276 g/mol. The molecule has 8 nitrogen and oxygen atoms in total. The van der Waals surface area contributed by atoms with Crippen molar-refractivity contribution in [2.75, 3.05) is 13.1 Å². The van der Waals surface area contributed by atoms with E-state index in [1.807, 2.05) is 0 Å². The molecule has 1 unspecified atom stereocenters. The van der Waals surface area contributed by atoms with E-state index < -0.39 is 16.9 Å². The number of hydrogen-bond donors (Lipinski definition) is 3. The van der Waals surface area contributed by atoms with E-state index in [2.05, 4.69) is 10.6 Å². The Hall–Kier alpha value is -2.48. The Morgan fingerprint density at radius 2 is 2.14 bits per heavy atom. The molecule has 1 aromatic rings. The van der Waals surface area contributed by atoms with Gasteiger partial charge in [0.15, 0.2) is 0 Å². The summed E-state index contributed by atoms with van der Waals surface area (Å²) < 4.78 is 0. The highest BCUT2D eigenvalue weighted by molar-refractivity contribution is 5.97. The van der Waals surface area contributed by atoms with Gasteiger partial charge in [-0.2, -0.15) is 0 Å². The molecule has 0 saturated carbocycles. The van der Waals surface area contributed by atoms with Crippen LogP contribution in [0.5, 0.6) is 0 Å². The second-order valence-electron chi connectivity index (χ2n) is 4.44. The first-order chi connectivity index (χ1) is 9.95.